The topological polar surface area (TPSA) is 57.7 Å². The predicted octanol–water partition coefficient (Wildman–Crippen LogP) is 4.17. The van der Waals surface area contributed by atoms with Crippen molar-refractivity contribution < 1.29 is 13.2 Å². The molecular weight excluding hydrogens is 408 g/mol. The Bertz CT molecular complexity index is 1160. The highest BCUT2D eigenvalue weighted by atomic mass is 32.2. The molecule has 0 bridgehead atoms. The highest BCUT2D eigenvalue weighted by molar-refractivity contribution is 7.92. The first-order valence-electron chi connectivity index (χ1n) is 10.4. The third kappa shape index (κ3) is 4.64. The molecule has 0 fully saturated rings. The van der Waals surface area contributed by atoms with Crippen LogP contribution >= 0.6 is 0 Å². The SMILES string of the molecule is Cc1ccc(S(=O)(=O)N(CCC(=O)N2CCc3ccccc3C2)c2ccccc2)cc1. The maximum Gasteiger partial charge on any atom is 0.264 e. The molecule has 3 aromatic rings. The van der Waals surface area contributed by atoms with Gasteiger partial charge in [0.15, 0.2) is 0 Å². The lowest BCUT2D eigenvalue weighted by atomic mass is 10.00. The number of para-hydroxylation sites is 1. The van der Waals surface area contributed by atoms with E-state index < -0.39 is 10.0 Å². The lowest BCUT2D eigenvalue weighted by molar-refractivity contribution is -0.131. The summed E-state index contributed by atoms with van der Waals surface area (Å²) >= 11 is 0. The van der Waals surface area contributed by atoms with Crippen LogP contribution in [0.1, 0.15) is 23.1 Å². The first-order valence-corrected chi connectivity index (χ1v) is 11.9. The van der Waals surface area contributed by atoms with Crippen LogP contribution < -0.4 is 4.31 Å². The Morgan fingerprint density at radius 3 is 2.26 bits per heavy atom. The fraction of sp³-hybridized carbons (Fsp3) is 0.240. The van der Waals surface area contributed by atoms with Crippen molar-refractivity contribution in [1.29, 1.82) is 0 Å². The monoisotopic (exact) mass is 434 g/mol. The number of carbonyl (C=O) groups is 1. The fourth-order valence-corrected chi connectivity index (χ4v) is 5.35. The van der Waals surface area contributed by atoms with Gasteiger partial charge in [-0.3, -0.25) is 9.10 Å². The molecule has 1 amide bonds. The van der Waals surface area contributed by atoms with E-state index in [2.05, 4.69) is 6.07 Å². The molecule has 0 aliphatic carbocycles. The Balaban J connectivity index is 1.53. The van der Waals surface area contributed by atoms with E-state index in [1.165, 1.54) is 9.87 Å². The van der Waals surface area contributed by atoms with Gasteiger partial charge in [-0.2, -0.15) is 0 Å². The molecule has 0 radical (unpaired) electrons. The van der Waals surface area contributed by atoms with E-state index in [1.807, 2.05) is 36.1 Å². The smallest absolute Gasteiger partial charge is 0.264 e. The predicted molar refractivity (Wildman–Crippen MR) is 122 cm³/mol. The van der Waals surface area contributed by atoms with Gasteiger partial charge in [0.25, 0.3) is 10.0 Å². The fourth-order valence-electron chi connectivity index (χ4n) is 3.88. The van der Waals surface area contributed by atoms with Crippen LogP contribution in [0, 0.1) is 6.92 Å². The summed E-state index contributed by atoms with van der Waals surface area (Å²) in [5.41, 5.74) is 3.99. The second-order valence-corrected chi connectivity index (χ2v) is 9.67. The molecule has 3 aromatic carbocycles. The normalized spacial score (nSPS) is 13.5. The van der Waals surface area contributed by atoms with Crippen molar-refractivity contribution in [3.05, 3.63) is 95.6 Å². The number of fused-ring (bicyclic) bond motifs is 1. The minimum atomic E-state index is -3.78. The van der Waals surface area contributed by atoms with E-state index >= 15 is 0 Å². The maximum absolute atomic E-state index is 13.4. The Labute approximate surface area is 184 Å². The quantitative estimate of drug-likeness (QED) is 0.585. The van der Waals surface area contributed by atoms with Crippen molar-refractivity contribution in [2.75, 3.05) is 17.4 Å². The molecule has 1 aliphatic heterocycles. The number of rotatable bonds is 6. The lowest BCUT2D eigenvalue weighted by Crippen LogP contribution is -2.39. The van der Waals surface area contributed by atoms with Crippen LogP contribution in [0.25, 0.3) is 0 Å². The summed E-state index contributed by atoms with van der Waals surface area (Å²) in [7, 11) is -3.78. The molecule has 0 aromatic heterocycles. The van der Waals surface area contributed by atoms with E-state index in [0.717, 1.165) is 17.5 Å². The van der Waals surface area contributed by atoms with E-state index in [9.17, 15) is 13.2 Å². The zero-order valence-electron chi connectivity index (χ0n) is 17.6. The molecule has 0 saturated heterocycles. The van der Waals surface area contributed by atoms with Crippen molar-refractivity contribution in [2.24, 2.45) is 0 Å². The molecule has 0 spiro atoms. The highest BCUT2D eigenvalue weighted by Gasteiger charge is 2.27. The van der Waals surface area contributed by atoms with Gasteiger partial charge in [0.2, 0.25) is 5.91 Å². The average Bonchev–Trinajstić information content (AvgIpc) is 2.79. The number of hydrogen-bond acceptors (Lipinski definition) is 3. The summed E-state index contributed by atoms with van der Waals surface area (Å²) in [6.07, 6.45) is 0.953. The van der Waals surface area contributed by atoms with Crippen LogP contribution in [0.2, 0.25) is 0 Å². The number of anilines is 1. The molecule has 4 rings (SSSR count). The Morgan fingerprint density at radius 2 is 1.55 bits per heavy atom. The Hall–Kier alpha value is -3.12. The molecule has 0 saturated carbocycles. The standard InChI is InChI=1S/C25H26N2O3S/c1-20-11-13-24(14-12-20)31(29,30)27(23-9-3-2-4-10-23)18-16-25(28)26-17-15-21-7-5-6-8-22(21)19-26/h2-14H,15-19H2,1H3. The number of sulfonamides is 1. The molecule has 5 nitrogen and oxygen atoms in total. The van der Waals surface area contributed by atoms with Gasteiger partial charge in [-0.1, -0.05) is 60.2 Å². The van der Waals surface area contributed by atoms with Gasteiger partial charge in [-0.05, 0) is 48.7 Å². The van der Waals surface area contributed by atoms with Gasteiger partial charge in [-0.25, -0.2) is 8.42 Å². The summed E-state index contributed by atoms with van der Waals surface area (Å²) in [5, 5.41) is 0. The number of nitrogens with zero attached hydrogens (tertiary/aromatic N) is 2. The number of aryl methyl sites for hydroxylation is 1. The average molecular weight is 435 g/mol. The maximum atomic E-state index is 13.4. The van der Waals surface area contributed by atoms with Crippen molar-refractivity contribution >= 4 is 21.6 Å². The lowest BCUT2D eigenvalue weighted by Gasteiger charge is -2.30. The van der Waals surface area contributed by atoms with Gasteiger partial charge in [0.05, 0.1) is 10.6 Å². The minimum Gasteiger partial charge on any atom is -0.338 e. The molecule has 0 unspecified atom stereocenters. The van der Waals surface area contributed by atoms with Gasteiger partial charge in [-0.15, -0.1) is 0 Å². The largest absolute Gasteiger partial charge is 0.338 e. The highest BCUT2D eigenvalue weighted by Crippen LogP contribution is 2.25. The van der Waals surface area contributed by atoms with Crippen molar-refractivity contribution in [1.82, 2.24) is 4.90 Å². The molecule has 160 valence electrons. The van der Waals surface area contributed by atoms with E-state index in [0.29, 0.717) is 18.8 Å². The third-order valence-electron chi connectivity index (χ3n) is 5.67. The second kappa shape index (κ2) is 8.94. The van der Waals surface area contributed by atoms with Gasteiger partial charge in [0.1, 0.15) is 0 Å². The molecule has 0 atom stereocenters. The number of hydrogen-bond donors (Lipinski definition) is 0. The minimum absolute atomic E-state index is 0.0328. The van der Waals surface area contributed by atoms with Gasteiger partial charge < -0.3 is 4.90 Å². The van der Waals surface area contributed by atoms with Crippen LogP contribution in [0.5, 0.6) is 0 Å². The first-order chi connectivity index (χ1) is 14.9. The van der Waals surface area contributed by atoms with Crippen molar-refractivity contribution in [3.8, 4) is 0 Å². The van der Waals surface area contributed by atoms with E-state index in [4.69, 9.17) is 0 Å². The van der Waals surface area contributed by atoms with Crippen molar-refractivity contribution in [2.45, 2.75) is 31.2 Å². The first kappa shape index (κ1) is 21.1. The van der Waals surface area contributed by atoms with Crippen LogP contribution in [0.15, 0.2) is 83.8 Å². The van der Waals surface area contributed by atoms with Gasteiger partial charge >= 0.3 is 0 Å². The van der Waals surface area contributed by atoms with Gasteiger partial charge in [0, 0.05) is 26.1 Å². The van der Waals surface area contributed by atoms with Crippen LogP contribution in [0.4, 0.5) is 5.69 Å². The summed E-state index contributed by atoms with van der Waals surface area (Å²) in [4.78, 5) is 15.0. The summed E-state index contributed by atoms with van der Waals surface area (Å²) in [6, 6.07) is 23.9. The molecular formula is C25H26N2O3S. The Kier molecular flexibility index (Phi) is 6.09. The Morgan fingerprint density at radius 1 is 0.903 bits per heavy atom. The second-order valence-electron chi connectivity index (χ2n) is 7.81. The van der Waals surface area contributed by atoms with Crippen LogP contribution in [-0.4, -0.2) is 32.3 Å². The zero-order valence-corrected chi connectivity index (χ0v) is 18.4. The summed E-state index contributed by atoms with van der Waals surface area (Å²) in [6.45, 7) is 3.24. The van der Waals surface area contributed by atoms with Crippen LogP contribution in [0.3, 0.4) is 0 Å². The molecule has 31 heavy (non-hydrogen) atoms. The van der Waals surface area contributed by atoms with Crippen LogP contribution in [-0.2, 0) is 27.8 Å². The number of benzene rings is 3. The molecule has 0 N–H and O–H groups in total. The number of amides is 1. The van der Waals surface area contributed by atoms with E-state index in [-0.39, 0.29) is 23.8 Å². The summed E-state index contributed by atoms with van der Waals surface area (Å²) < 4.78 is 28.1. The number of carbonyl (C=O) groups excluding carboxylic acids is 1. The molecule has 1 heterocycles. The molecule has 1 aliphatic rings. The summed E-state index contributed by atoms with van der Waals surface area (Å²) in [5.74, 6) is -0.0328. The van der Waals surface area contributed by atoms with Crippen molar-refractivity contribution in [3.63, 3.8) is 0 Å². The molecule has 6 heteroatoms. The zero-order chi connectivity index (χ0) is 21.8. The third-order valence-corrected chi connectivity index (χ3v) is 7.51. The van der Waals surface area contributed by atoms with E-state index in [1.54, 1.807) is 48.5 Å².